The minimum absolute atomic E-state index is 0.0960. The Morgan fingerprint density at radius 1 is 1.25 bits per heavy atom. The third-order valence-corrected chi connectivity index (χ3v) is 9.87. The first-order valence-electron chi connectivity index (χ1n) is 8.67. The van der Waals surface area contributed by atoms with Crippen molar-refractivity contribution in [3.05, 3.63) is 35.9 Å². The molecule has 134 valence electrons. The molecule has 0 unspecified atom stereocenters. The average molecular weight is 350 g/mol. The molecule has 1 saturated heterocycles. The molecular weight excluding hydrogens is 318 g/mol. The van der Waals surface area contributed by atoms with Crippen molar-refractivity contribution in [3.63, 3.8) is 0 Å². The second-order valence-electron chi connectivity index (χ2n) is 8.19. The molecule has 24 heavy (non-hydrogen) atoms. The van der Waals surface area contributed by atoms with Gasteiger partial charge in [0.1, 0.15) is 6.04 Å². The normalized spacial score (nSPS) is 22.6. The maximum absolute atomic E-state index is 12.2. The standard InChI is InChI=1S/C19H31NO3Si/c1-19(2,3)24(5,6)23-16-12-17(18(21)22-4)20(14-16)13-15-10-8-7-9-11-15/h7-11,16-17H,12-14H2,1-6H3/t16-,17-/m1/s1. The fourth-order valence-electron chi connectivity index (χ4n) is 2.91. The van der Waals surface area contributed by atoms with Gasteiger partial charge in [0, 0.05) is 13.1 Å². The van der Waals surface area contributed by atoms with Crippen LogP contribution in [0.5, 0.6) is 0 Å². The molecule has 0 bridgehead atoms. The van der Waals surface area contributed by atoms with E-state index in [0.717, 1.165) is 13.1 Å². The van der Waals surface area contributed by atoms with E-state index in [9.17, 15) is 4.79 Å². The SMILES string of the molecule is COC(=O)[C@H]1C[C@@H](O[Si](C)(C)C(C)(C)C)CN1Cc1ccccc1. The van der Waals surface area contributed by atoms with Crippen LogP contribution in [-0.2, 0) is 20.5 Å². The van der Waals surface area contributed by atoms with Gasteiger partial charge in [0.15, 0.2) is 8.32 Å². The van der Waals surface area contributed by atoms with Gasteiger partial charge in [0.25, 0.3) is 0 Å². The van der Waals surface area contributed by atoms with Crippen LogP contribution in [0, 0.1) is 0 Å². The predicted molar refractivity (Wildman–Crippen MR) is 99.3 cm³/mol. The number of carbonyl (C=O) groups excluding carboxylic acids is 1. The van der Waals surface area contributed by atoms with Crippen molar-refractivity contribution >= 4 is 14.3 Å². The Balaban J connectivity index is 2.11. The number of likely N-dealkylation sites (tertiary alicyclic amines) is 1. The van der Waals surface area contributed by atoms with Crippen molar-refractivity contribution in [1.29, 1.82) is 0 Å². The summed E-state index contributed by atoms with van der Waals surface area (Å²) in [6, 6.07) is 10.0. The second kappa shape index (κ2) is 7.38. The summed E-state index contributed by atoms with van der Waals surface area (Å²) in [4.78, 5) is 14.4. The minimum Gasteiger partial charge on any atom is -0.468 e. The highest BCUT2D eigenvalue weighted by atomic mass is 28.4. The molecule has 1 aromatic carbocycles. The monoisotopic (exact) mass is 349 g/mol. The molecule has 0 radical (unpaired) electrons. The Hall–Kier alpha value is -1.17. The van der Waals surface area contributed by atoms with E-state index in [2.05, 4.69) is 50.9 Å². The lowest BCUT2D eigenvalue weighted by molar-refractivity contribution is -0.146. The largest absolute Gasteiger partial charge is 0.468 e. The van der Waals surface area contributed by atoms with E-state index in [0.29, 0.717) is 6.42 Å². The van der Waals surface area contributed by atoms with Crippen LogP contribution in [0.4, 0.5) is 0 Å². The van der Waals surface area contributed by atoms with E-state index >= 15 is 0 Å². The predicted octanol–water partition coefficient (Wildman–Crippen LogP) is 3.82. The molecule has 0 aliphatic carbocycles. The Morgan fingerprint density at radius 3 is 2.42 bits per heavy atom. The molecule has 5 heteroatoms. The van der Waals surface area contributed by atoms with Crippen LogP contribution in [0.15, 0.2) is 30.3 Å². The quantitative estimate of drug-likeness (QED) is 0.598. The van der Waals surface area contributed by atoms with Gasteiger partial charge >= 0.3 is 5.97 Å². The van der Waals surface area contributed by atoms with Crippen LogP contribution in [-0.4, -0.2) is 45.0 Å². The Bertz CT molecular complexity index is 553. The van der Waals surface area contributed by atoms with Crippen molar-refractivity contribution in [3.8, 4) is 0 Å². The summed E-state index contributed by atoms with van der Waals surface area (Å²) < 4.78 is 11.6. The summed E-state index contributed by atoms with van der Waals surface area (Å²) >= 11 is 0. The molecule has 1 aromatic rings. The summed E-state index contributed by atoms with van der Waals surface area (Å²) in [5.41, 5.74) is 1.21. The van der Waals surface area contributed by atoms with Gasteiger partial charge in [-0.3, -0.25) is 9.69 Å². The number of hydrogen-bond acceptors (Lipinski definition) is 4. The lowest BCUT2D eigenvalue weighted by atomic mass is 10.2. The Kier molecular flexibility index (Phi) is 5.89. The van der Waals surface area contributed by atoms with Crippen molar-refractivity contribution in [2.45, 2.75) is 64.0 Å². The van der Waals surface area contributed by atoms with Crippen LogP contribution in [0.25, 0.3) is 0 Å². The highest BCUT2D eigenvalue weighted by Gasteiger charge is 2.44. The summed E-state index contributed by atoms with van der Waals surface area (Å²) in [5, 5.41) is 0.167. The number of nitrogens with zero attached hydrogens (tertiary/aromatic N) is 1. The van der Waals surface area contributed by atoms with Crippen LogP contribution in [0.1, 0.15) is 32.8 Å². The zero-order chi connectivity index (χ0) is 18.0. The minimum atomic E-state index is -1.84. The highest BCUT2D eigenvalue weighted by molar-refractivity contribution is 6.74. The zero-order valence-corrected chi connectivity index (χ0v) is 16.8. The summed E-state index contributed by atoms with van der Waals surface area (Å²) in [5.74, 6) is -0.160. The third kappa shape index (κ3) is 4.46. The van der Waals surface area contributed by atoms with Gasteiger partial charge in [-0.15, -0.1) is 0 Å². The maximum Gasteiger partial charge on any atom is 0.323 e. The molecule has 0 spiro atoms. The van der Waals surface area contributed by atoms with Gasteiger partial charge in [0.05, 0.1) is 13.2 Å². The third-order valence-electron chi connectivity index (χ3n) is 5.33. The fourth-order valence-corrected chi connectivity index (χ4v) is 4.27. The Labute approximate surface area is 147 Å². The van der Waals surface area contributed by atoms with E-state index in [4.69, 9.17) is 9.16 Å². The first kappa shape index (κ1) is 19.2. The van der Waals surface area contributed by atoms with Gasteiger partial charge in [-0.05, 0) is 30.1 Å². The molecular formula is C19H31NO3Si. The molecule has 0 aromatic heterocycles. The van der Waals surface area contributed by atoms with Crippen LogP contribution in [0.3, 0.4) is 0 Å². The van der Waals surface area contributed by atoms with Crippen molar-refractivity contribution in [2.24, 2.45) is 0 Å². The second-order valence-corrected chi connectivity index (χ2v) is 12.9. The molecule has 0 saturated carbocycles. The number of esters is 1. The molecule has 0 amide bonds. The molecule has 2 rings (SSSR count). The Morgan fingerprint density at radius 2 is 1.88 bits per heavy atom. The van der Waals surface area contributed by atoms with Crippen molar-refractivity contribution in [1.82, 2.24) is 4.90 Å². The van der Waals surface area contributed by atoms with E-state index in [-0.39, 0.29) is 23.2 Å². The topological polar surface area (TPSA) is 38.8 Å². The first-order valence-corrected chi connectivity index (χ1v) is 11.6. The average Bonchev–Trinajstić information content (AvgIpc) is 2.88. The lowest BCUT2D eigenvalue weighted by Gasteiger charge is -2.38. The van der Waals surface area contributed by atoms with Gasteiger partial charge in [-0.2, -0.15) is 0 Å². The van der Waals surface area contributed by atoms with Crippen LogP contribution in [0.2, 0.25) is 18.1 Å². The number of rotatable bonds is 5. The van der Waals surface area contributed by atoms with E-state index < -0.39 is 8.32 Å². The summed E-state index contributed by atoms with van der Waals surface area (Å²) in [6.07, 6.45) is 0.810. The molecule has 4 nitrogen and oxygen atoms in total. The highest BCUT2D eigenvalue weighted by Crippen LogP contribution is 2.39. The summed E-state index contributed by atoms with van der Waals surface area (Å²) in [6.45, 7) is 12.8. The van der Waals surface area contributed by atoms with E-state index in [1.165, 1.54) is 12.7 Å². The molecule has 0 N–H and O–H groups in total. The van der Waals surface area contributed by atoms with Crippen LogP contribution < -0.4 is 0 Å². The number of methoxy groups -OCH3 is 1. The lowest BCUT2D eigenvalue weighted by Crippen LogP contribution is -2.44. The van der Waals surface area contributed by atoms with Crippen molar-refractivity contribution in [2.75, 3.05) is 13.7 Å². The number of carbonyl (C=O) groups is 1. The molecule has 1 aliphatic rings. The molecule has 1 fully saturated rings. The van der Waals surface area contributed by atoms with E-state index in [1.54, 1.807) is 0 Å². The molecule has 1 aliphatic heterocycles. The van der Waals surface area contributed by atoms with Gasteiger partial charge in [-0.1, -0.05) is 51.1 Å². The van der Waals surface area contributed by atoms with Gasteiger partial charge in [-0.25, -0.2) is 0 Å². The molecule has 1 heterocycles. The van der Waals surface area contributed by atoms with E-state index in [1.807, 2.05) is 18.2 Å². The van der Waals surface area contributed by atoms with Gasteiger partial charge in [0.2, 0.25) is 0 Å². The number of benzene rings is 1. The van der Waals surface area contributed by atoms with Crippen molar-refractivity contribution < 1.29 is 14.0 Å². The fraction of sp³-hybridized carbons (Fsp3) is 0.632. The van der Waals surface area contributed by atoms with Gasteiger partial charge < -0.3 is 9.16 Å². The zero-order valence-electron chi connectivity index (χ0n) is 15.8. The summed E-state index contributed by atoms with van der Waals surface area (Å²) in [7, 11) is -0.382. The smallest absolute Gasteiger partial charge is 0.323 e. The maximum atomic E-state index is 12.2. The molecule has 2 atom stereocenters. The van der Waals surface area contributed by atoms with Crippen LogP contribution >= 0.6 is 0 Å². The first-order chi connectivity index (χ1) is 11.1. The number of hydrogen-bond donors (Lipinski definition) is 0. The number of ether oxygens (including phenoxy) is 1.